The minimum absolute atomic E-state index is 0.0488. The lowest BCUT2D eigenvalue weighted by Crippen LogP contribution is -2.50. The summed E-state index contributed by atoms with van der Waals surface area (Å²) < 4.78 is 0. The zero-order valence-electron chi connectivity index (χ0n) is 17.6. The maximum atomic E-state index is 5.46. The number of hydrogen-bond acceptors (Lipinski definition) is 1. The van der Waals surface area contributed by atoms with E-state index >= 15 is 0 Å². The van der Waals surface area contributed by atoms with Gasteiger partial charge in [-0.15, -0.1) is 0 Å². The van der Waals surface area contributed by atoms with Crippen LogP contribution in [0.1, 0.15) is 99.3 Å². The molecule has 2 nitrogen and oxygen atoms in total. The van der Waals surface area contributed by atoms with Crippen LogP contribution in [0.3, 0.4) is 0 Å². The van der Waals surface area contributed by atoms with Crippen LogP contribution in [0, 0.1) is 23.2 Å². The third-order valence-electron chi connectivity index (χ3n) is 6.41. The summed E-state index contributed by atoms with van der Waals surface area (Å²) in [4.78, 5) is 0. The fourth-order valence-electron chi connectivity index (χ4n) is 4.84. The maximum absolute atomic E-state index is 5.46. The molecule has 2 aliphatic rings. The Hall–Kier alpha value is -0.310. The van der Waals surface area contributed by atoms with Crippen molar-refractivity contribution in [3.05, 3.63) is 0 Å². The Kier molecular flexibility index (Phi) is 7.21. The normalized spacial score (nSPS) is 31.4. The third kappa shape index (κ3) is 7.45. The SMILES string of the molecule is CC(C)(C)NC(=S)NC1CCC(CC2CCC(C(C)(C)C)CC2)CC1. The smallest absolute Gasteiger partial charge is 0.166 e. The molecule has 0 atom stereocenters. The zero-order chi connectivity index (χ0) is 18.7. The van der Waals surface area contributed by atoms with Crippen LogP contribution in [0.15, 0.2) is 0 Å². The largest absolute Gasteiger partial charge is 0.360 e. The van der Waals surface area contributed by atoms with E-state index in [1.165, 1.54) is 57.8 Å². The van der Waals surface area contributed by atoms with Gasteiger partial charge in [0.15, 0.2) is 5.11 Å². The molecule has 0 bridgehead atoms. The van der Waals surface area contributed by atoms with Gasteiger partial charge in [0.1, 0.15) is 0 Å². The van der Waals surface area contributed by atoms with E-state index in [0.29, 0.717) is 11.5 Å². The number of hydrogen-bond donors (Lipinski definition) is 2. The van der Waals surface area contributed by atoms with Gasteiger partial charge in [-0.1, -0.05) is 33.6 Å². The molecule has 2 N–H and O–H groups in total. The van der Waals surface area contributed by atoms with Gasteiger partial charge in [0.05, 0.1) is 0 Å². The Morgan fingerprint density at radius 2 is 1.28 bits per heavy atom. The van der Waals surface area contributed by atoms with Crippen LogP contribution in [0.25, 0.3) is 0 Å². The van der Waals surface area contributed by atoms with Gasteiger partial charge in [-0.25, -0.2) is 0 Å². The van der Waals surface area contributed by atoms with Crippen molar-refractivity contribution in [3.63, 3.8) is 0 Å². The molecule has 0 amide bonds. The molecule has 0 aliphatic heterocycles. The summed E-state index contributed by atoms with van der Waals surface area (Å²) in [5.74, 6) is 2.90. The van der Waals surface area contributed by atoms with Gasteiger partial charge in [0.2, 0.25) is 0 Å². The molecule has 0 unspecified atom stereocenters. The zero-order valence-corrected chi connectivity index (χ0v) is 18.4. The van der Waals surface area contributed by atoms with E-state index in [9.17, 15) is 0 Å². The van der Waals surface area contributed by atoms with Crippen LogP contribution < -0.4 is 10.6 Å². The Morgan fingerprint density at radius 1 is 0.800 bits per heavy atom. The minimum Gasteiger partial charge on any atom is -0.360 e. The molecule has 2 aliphatic carbocycles. The molecule has 0 saturated heterocycles. The first kappa shape index (κ1) is 21.0. The van der Waals surface area contributed by atoms with Gasteiger partial charge < -0.3 is 10.6 Å². The van der Waals surface area contributed by atoms with Crippen molar-refractivity contribution in [1.29, 1.82) is 0 Å². The Bertz CT molecular complexity index is 416. The van der Waals surface area contributed by atoms with Crippen molar-refractivity contribution in [3.8, 4) is 0 Å². The summed E-state index contributed by atoms with van der Waals surface area (Å²) in [6.45, 7) is 13.7. The van der Waals surface area contributed by atoms with Crippen molar-refractivity contribution in [2.75, 3.05) is 0 Å². The van der Waals surface area contributed by atoms with Gasteiger partial charge in [0, 0.05) is 11.6 Å². The van der Waals surface area contributed by atoms with Crippen molar-refractivity contribution in [2.45, 2.75) is 111 Å². The third-order valence-corrected chi connectivity index (χ3v) is 6.63. The topological polar surface area (TPSA) is 24.1 Å². The molecule has 0 aromatic carbocycles. The second-order valence-electron chi connectivity index (χ2n) is 10.9. The van der Waals surface area contributed by atoms with Gasteiger partial charge in [-0.3, -0.25) is 0 Å². The summed E-state index contributed by atoms with van der Waals surface area (Å²) in [6.07, 6.45) is 12.7. The Labute approximate surface area is 162 Å². The highest BCUT2D eigenvalue weighted by Crippen LogP contribution is 2.42. The average molecular weight is 367 g/mol. The Balaban J connectivity index is 1.65. The van der Waals surface area contributed by atoms with Crippen LogP contribution in [0.5, 0.6) is 0 Å². The summed E-state index contributed by atoms with van der Waals surface area (Å²) in [7, 11) is 0. The first-order valence-corrected chi connectivity index (χ1v) is 11.0. The van der Waals surface area contributed by atoms with E-state index in [4.69, 9.17) is 12.2 Å². The monoisotopic (exact) mass is 366 g/mol. The molecule has 2 saturated carbocycles. The lowest BCUT2D eigenvalue weighted by Gasteiger charge is -2.39. The summed E-state index contributed by atoms with van der Waals surface area (Å²) in [5, 5.41) is 7.75. The second-order valence-corrected chi connectivity index (χ2v) is 11.3. The highest BCUT2D eigenvalue weighted by atomic mass is 32.1. The van der Waals surface area contributed by atoms with Gasteiger partial charge in [0.25, 0.3) is 0 Å². The molecule has 25 heavy (non-hydrogen) atoms. The fraction of sp³-hybridized carbons (Fsp3) is 0.955. The van der Waals surface area contributed by atoms with Crippen LogP contribution in [-0.2, 0) is 0 Å². The highest BCUT2D eigenvalue weighted by Gasteiger charge is 2.31. The predicted molar refractivity (Wildman–Crippen MR) is 114 cm³/mol. The second kappa shape index (κ2) is 8.59. The number of nitrogens with one attached hydrogen (secondary N) is 2. The van der Waals surface area contributed by atoms with Crippen molar-refractivity contribution < 1.29 is 0 Å². The molecular weight excluding hydrogens is 324 g/mol. The maximum Gasteiger partial charge on any atom is 0.166 e. The molecule has 0 heterocycles. The van der Waals surface area contributed by atoms with E-state index in [1.807, 2.05) is 0 Å². The van der Waals surface area contributed by atoms with Gasteiger partial charge in [-0.05, 0) is 101 Å². The molecule has 2 rings (SSSR count). The highest BCUT2D eigenvalue weighted by molar-refractivity contribution is 7.80. The lowest BCUT2D eigenvalue weighted by atomic mass is 9.67. The van der Waals surface area contributed by atoms with Crippen molar-refractivity contribution in [1.82, 2.24) is 10.6 Å². The first-order valence-electron chi connectivity index (χ1n) is 10.6. The Morgan fingerprint density at radius 3 is 1.72 bits per heavy atom. The predicted octanol–water partition coefficient (Wildman–Crippen LogP) is 6.05. The van der Waals surface area contributed by atoms with E-state index in [2.05, 4.69) is 52.2 Å². The number of rotatable bonds is 3. The van der Waals surface area contributed by atoms with E-state index < -0.39 is 0 Å². The summed E-state index contributed by atoms with van der Waals surface area (Å²) in [6, 6.07) is 0.579. The molecule has 146 valence electrons. The van der Waals surface area contributed by atoms with Crippen molar-refractivity contribution in [2.24, 2.45) is 23.2 Å². The molecule has 0 radical (unpaired) electrons. The molecule has 0 aromatic rings. The van der Waals surface area contributed by atoms with Crippen LogP contribution in [0.2, 0.25) is 0 Å². The van der Waals surface area contributed by atoms with E-state index in [1.54, 1.807) is 0 Å². The fourth-order valence-corrected chi connectivity index (χ4v) is 5.31. The van der Waals surface area contributed by atoms with Crippen LogP contribution in [-0.4, -0.2) is 16.7 Å². The molecule has 3 heteroatoms. The van der Waals surface area contributed by atoms with Crippen molar-refractivity contribution >= 4 is 17.3 Å². The van der Waals surface area contributed by atoms with E-state index in [-0.39, 0.29) is 5.54 Å². The standard InChI is InChI=1S/C22H42N2S/c1-21(2,3)18-11-7-16(8-12-18)15-17-9-13-19(14-10-17)23-20(25)24-22(4,5)6/h16-19H,7-15H2,1-6H3,(H2,23,24,25). The van der Waals surface area contributed by atoms with Crippen LogP contribution >= 0.6 is 12.2 Å². The molecule has 0 aromatic heterocycles. The number of thiocarbonyl (C=S) groups is 1. The molecule has 0 spiro atoms. The van der Waals surface area contributed by atoms with Gasteiger partial charge in [-0.2, -0.15) is 0 Å². The molecular formula is C22H42N2S. The minimum atomic E-state index is 0.0488. The van der Waals surface area contributed by atoms with Gasteiger partial charge >= 0.3 is 0 Å². The van der Waals surface area contributed by atoms with E-state index in [0.717, 1.165) is 22.9 Å². The molecule has 2 fully saturated rings. The first-order chi connectivity index (χ1) is 11.5. The summed E-state index contributed by atoms with van der Waals surface area (Å²) in [5.41, 5.74) is 0.557. The quantitative estimate of drug-likeness (QED) is 0.594. The lowest BCUT2D eigenvalue weighted by molar-refractivity contribution is 0.132. The summed E-state index contributed by atoms with van der Waals surface area (Å²) >= 11 is 5.46. The van der Waals surface area contributed by atoms with Crippen LogP contribution in [0.4, 0.5) is 0 Å². The average Bonchev–Trinajstić information content (AvgIpc) is 2.47.